The number of fused-ring (bicyclic) bond motifs is 6. The maximum atomic E-state index is 16.0. The number of nitrogens with zero attached hydrogens (tertiary/aromatic N) is 2. The van der Waals surface area contributed by atoms with Gasteiger partial charge >= 0.3 is 0 Å². The second-order valence-corrected chi connectivity index (χ2v) is 25.4. The number of ether oxygens (including phenoxy) is 4. The fraction of sp³-hybridized carbons (Fsp3) is 0.186. The average molecular weight is 1290 g/mol. The molecule has 3 aromatic heterocycles. The number of carbonyl (C=O) groups is 2. The summed E-state index contributed by atoms with van der Waals surface area (Å²) in [6.07, 6.45) is 13.0. The minimum absolute atomic E-state index is 0.303. The smallest absolute Gasteiger partial charge is 0.256 e. The molecule has 11 aromatic rings. The van der Waals surface area contributed by atoms with Crippen LogP contribution in [0.15, 0.2) is 194 Å². The van der Waals surface area contributed by atoms with Gasteiger partial charge < -0.3 is 39.5 Å². The van der Waals surface area contributed by atoms with E-state index in [1.54, 1.807) is 0 Å². The lowest BCUT2D eigenvalue weighted by Crippen LogP contribution is -2.15. The van der Waals surface area contributed by atoms with Crippen LogP contribution < -0.4 is 29.6 Å². The molecule has 0 saturated heterocycles. The highest BCUT2D eigenvalue weighted by molar-refractivity contribution is 6.13. The van der Waals surface area contributed by atoms with Crippen molar-refractivity contribution in [1.29, 1.82) is 0 Å². The third kappa shape index (κ3) is 12.3. The van der Waals surface area contributed by atoms with Crippen LogP contribution in [0.5, 0.6) is 23.0 Å². The van der Waals surface area contributed by atoms with Gasteiger partial charge in [0.25, 0.3) is 11.8 Å². The molecule has 0 radical (unpaired) electrons. The lowest BCUT2D eigenvalue weighted by Gasteiger charge is -2.24. The van der Waals surface area contributed by atoms with Crippen molar-refractivity contribution in [2.75, 3.05) is 37.1 Å². The zero-order valence-electron chi connectivity index (χ0n) is 55.6. The Hall–Kier alpha value is -11.5. The van der Waals surface area contributed by atoms with Crippen molar-refractivity contribution in [1.82, 2.24) is 19.9 Å². The van der Waals surface area contributed by atoms with Crippen LogP contribution in [0.3, 0.4) is 0 Å². The van der Waals surface area contributed by atoms with Crippen molar-refractivity contribution >= 4 is 69.6 Å². The Morgan fingerprint density at radius 1 is 0.316 bits per heavy atom. The topological polar surface area (TPSA) is 152 Å². The van der Waals surface area contributed by atoms with Crippen molar-refractivity contribution in [3.63, 3.8) is 0 Å². The van der Waals surface area contributed by atoms with E-state index < -0.39 is 0 Å². The minimum Gasteiger partial charge on any atom is -0.493 e. The molecule has 8 aromatic carbocycles. The quantitative estimate of drug-likeness (QED) is 0.0840. The predicted molar refractivity (Wildman–Crippen MR) is 397 cm³/mol. The van der Waals surface area contributed by atoms with Crippen molar-refractivity contribution in [2.45, 2.75) is 79.1 Å². The molecule has 0 fully saturated rings. The summed E-state index contributed by atoms with van der Waals surface area (Å²) < 4.78 is 27.9. The maximum absolute atomic E-state index is 16.0. The van der Waals surface area contributed by atoms with Gasteiger partial charge in [0.05, 0.1) is 49.2 Å². The number of benzene rings is 8. The molecule has 0 unspecified atom stereocenters. The number of carbonyl (C=O) groups excluding carboxylic acids is 2. The van der Waals surface area contributed by atoms with Gasteiger partial charge in [-0.25, -0.2) is 9.97 Å². The van der Waals surface area contributed by atoms with Crippen LogP contribution in [0.4, 0.5) is 11.4 Å². The summed E-state index contributed by atoms with van der Waals surface area (Å²) in [6, 6.07) is 65.4. The molecule has 0 atom stereocenters. The van der Waals surface area contributed by atoms with Gasteiger partial charge in [-0.1, -0.05) is 161 Å². The highest BCUT2D eigenvalue weighted by atomic mass is 16.5. The summed E-state index contributed by atoms with van der Waals surface area (Å²) >= 11 is 0. The van der Waals surface area contributed by atoms with Gasteiger partial charge in [0.1, 0.15) is 23.0 Å². The van der Waals surface area contributed by atoms with E-state index in [4.69, 9.17) is 28.9 Å². The molecule has 7 heterocycles. The van der Waals surface area contributed by atoms with Crippen molar-refractivity contribution in [2.24, 2.45) is 0 Å². The summed E-state index contributed by atoms with van der Waals surface area (Å²) in [5, 5.41) is 6.97. The first-order valence-corrected chi connectivity index (χ1v) is 34.3. The Morgan fingerprint density at radius 3 is 0.929 bits per heavy atom. The van der Waals surface area contributed by atoms with Crippen molar-refractivity contribution in [3.05, 3.63) is 273 Å². The molecule has 1 aliphatic carbocycles. The molecule has 20 bridgehead atoms. The Bertz CT molecular complexity index is 4750. The highest BCUT2D eigenvalue weighted by Crippen LogP contribution is 2.45. The largest absolute Gasteiger partial charge is 0.493 e. The summed E-state index contributed by atoms with van der Waals surface area (Å²) in [4.78, 5) is 51.0. The Balaban J connectivity index is 1.08. The first-order chi connectivity index (χ1) is 48.2. The Labute approximate surface area is 571 Å². The molecule has 0 saturated carbocycles. The monoisotopic (exact) mass is 1290 g/mol. The molecule has 2 amide bonds. The second-order valence-electron chi connectivity index (χ2n) is 25.4. The summed E-state index contributed by atoms with van der Waals surface area (Å²) in [5.41, 5.74) is 21.7. The number of nitrogens with one attached hydrogen (secondary N) is 4. The van der Waals surface area contributed by atoms with Crippen LogP contribution in [0.1, 0.15) is 141 Å². The number of para-hydroxylation sites is 2. The van der Waals surface area contributed by atoms with Gasteiger partial charge in [-0.3, -0.25) is 9.59 Å². The lowest BCUT2D eigenvalue weighted by molar-refractivity contribution is 0.101. The van der Waals surface area contributed by atoms with E-state index in [0.717, 1.165) is 149 Å². The van der Waals surface area contributed by atoms with E-state index in [1.165, 1.54) is 0 Å². The van der Waals surface area contributed by atoms with Gasteiger partial charge in [0.15, 0.2) is 0 Å². The van der Waals surface area contributed by atoms with E-state index in [9.17, 15) is 0 Å². The fourth-order valence-electron chi connectivity index (χ4n) is 14.2. The summed E-state index contributed by atoms with van der Waals surface area (Å²) in [6.45, 7) is 10.4. The highest BCUT2D eigenvalue weighted by Gasteiger charge is 2.28. The van der Waals surface area contributed by atoms with Crippen LogP contribution in [-0.2, 0) is 25.7 Å². The standard InChI is InChI=1S/C86H76N6O6/c1-5-41-95-81-55-25-19-26-56(81)46-60-50-64-52-62(84(60)98-44-8-4)48-58-28-20-27-57(82(58)96-42-6-2)47-61-51-63(49-59(45-55)83(61)97-43-7-3)87-85(93)67-31-17-15-29-65(67)79-73-37-33-69(89-73)77(53-21-11-9-12-22-53)71-35-39-75(91-71)80(66-30-16-18-32-68(66)86(94)88-64)76-40-36-72(92-76)78(54-23-13-10-14-24-54)70-34-38-74(79)90-70/h9-40,49-52,89,92H,5-8,41-48H2,1-4H3,(H,87,93)(H,88,94). The van der Waals surface area contributed by atoms with E-state index in [2.05, 4.69) is 170 Å². The maximum Gasteiger partial charge on any atom is 0.256 e. The van der Waals surface area contributed by atoms with Crippen LogP contribution >= 0.6 is 0 Å². The summed E-state index contributed by atoms with van der Waals surface area (Å²) in [5.74, 6) is 2.43. The number of aromatic nitrogens is 4. The number of amides is 2. The molecule has 5 aliphatic rings. The Morgan fingerprint density at radius 2 is 0.602 bits per heavy atom. The molecule has 12 nitrogen and oxygen atoms in total. The van der Waals surface area contributed by atoms with E-state index in [-0.39, 0.29) is 11.8 Å². The molecule has 12 heteroatoms. The fourth-order valence-corrected chi connectivity index (χ4v) is 14.2. The molecule has 0 spiro atoms. The van der Waals surface area contributed by atoms with E-state index in [1.807, 2.05) is 97.1 Å². The third-order valence-electron chi connectivity index (χ3n) is 18.4. The van der Waals surface area contributed by atoms with Gasteiger partial charge in [-0.2, -0.15) is 0 Å². The first-order valence-electron chi connectivity index (χ1n) is 34.3. The number of rotatable bonds is 14. The number of aromatic amines is 2. The molecule has 4 aliphatic heterocycles. The van der Waals surface area contributed by atoms with E-state index in [0.29, 0.717) is 109 Å². The normalized spacial score (nSPS) is 13.0. The third-order valence-corrected chi connectivity index (χ3v) is 18.4. The lowest BCUT2D eigenvalue weighted by atomic mass is 9.90. The van der Waals surface area contributed by atoms with Gasteiger partial charge in [-0.05, 0) is 155 Å². The van der Waals surface area contributed by atoms with Gasteiger partial charge in [0.2, 0.25) is 0 Å². The molecule has 4 N–H and O–H groups in total. The van der Waals surface area contributed by atoms with E-state index >= 15 is 9.59 Å². The summed E-state index contributed by atoms with van der Waals surface area (Å²) in [7, 11) is 0. The zero-order valence-corrected chi connectivity index (χ0v) is 55.6. The molecular weight excluding hydrogens is 1210 g/mol. The van der Waals surface area contributed by atoms with Crippen LogP contribution in [0.2, 0.25) is 0 Å². The van der Waals surface area contributed by atoms with Crippen molar-refractivity contribution in [3.8, 4) is 67.5 Å². The van der Waals surface area contributed by atoms with Gasteiger partial charge in [-0.15, -0.1) is 0 Å². The SMILES string of the molecule is CCCOc1c2cccc1Cc1cc3cc(c1OCCC)Cc1cccc(c1OCCC)Cc1cc(cc(c1OCCC)C2)NC(=O)c1ccccc1-c1c2nc(c(-c4ccccc4)c4ccc([nH]4)c(c4nc(c(-c5ccccc5)c5ccc1[nH]5)C=C4)-c1ccccc1C(=O)N3)C=C2. The number of H-pyrrole nitrogens is 2. The Kier molecular flexibility index (Phi) is 17.7. The number of hydrogen-bond donors (Lipinski definition) is 4. The molecular formula is C86H76N6O6. The number of hydrogen-bond acceptors (Lipinski definition) is 8. The minimum atomic E-state index is -0.303. The van der Waals surface area contributed by atoms with Crippen LogP contribution in [-0.4, -0.2) is 58.2 Å². The van der Waals surface area contributed by atoms with Crippen LogP contribution in [0, 0.1) is 0 Å². The first kappa shape index (κ1) is 62.6. The molecule has 98 heavy (non-hydrogen) atoms. The molecule has 486 valence electrons. The van der Waals surface area contributed by atoms with Gasteiger partial charge in [0, 0.05) is 115 Å². The molecule has 16 rings (SSSR count). The zero-order chi connectivity index (χ0) is 66.6. The van der Waals surface area contributed by atoms with Crippen LogP contribution in [0.25, 0.3) is 90.9 Å². The predicted octanol–water partition coefficient (Wildman–Crippen LogP) is 20.0. The van der Waals surface area contributed by atoms with Crippen molar-refractivity contribution < 1.29 is 28.5 Å². The average Bonchev–Trinajstić information content (AvgIpc) is 1.51. The number of anilines is 2. The second kappa shape index (κ2) is 27.7.